The average Bonchev–Trinajstić information content (AvgIpc) is 2.13. The van der Waals surface area contributed by atoms with Crippen molar-refractivity contribution < 1.29 is 9.90 Å². The molecule has 6 nitrogen and oxygen atoms in total. The highest BCUT2D eigenvalue weighted by molar-refractivity contribution is 14.1. The van der Waals surface area contributed by atoms with Crippen LogP contribution in [0.5, 0.6) is 0 Å². The summed E-state index contributed by atoms with van der Waals surface area (Å²) in [4.78, 5) is 11.1. The van der Waals surface area contributed by atoms with E-state index in [9.17, 15) is 4.79 Å². The van der Waals surface area contributed by atoms with Crippen molar-refractivity contribution in [2.24, 2.45) is 0 Å². The maximum atomic E-state index is 10.0. The second-order valence-corrected chi connectivity index (χ2v) is 2.45. The first kappa shape index (κ1) is 7.38. The molecule has 1 aromatic heterocycles. The van der Waals surface area contributed by atoms with E-state index in [1.54, 1.807) is 0 Å². The third-order valence-electron chi connectivity index (χ3n) is 0.705. The van der Waals surface area contributed by atoms with E-state index in [2.05, 4.69) is 15.4 Å². The van der Waals surface area contributed by atoms with E-state index in [1.807, 2.05) is 22.6 Å². The molecule has 7 heteroatoms. The van der Waals surface area contributed by atoms with E-state index in [1.165, 1.54) is 0 Å². The van der Waals surface area contributed by atoms with E-state index in [0.29, 0.717) is 3.83 Å². The van der Waals surface area contributed by atoms with Crippen LogP contribution in [0.2, 0.25) is 0 Å². The molecule has 0 saturated carbocycles. The predicted molar refractivity (Wildman–Crippen MR) is 38.2 cm³/mol. The number of carbonyl (C=O) groups is 1. The van der Waals surface area contributed by atoms with Gasteiger partial charge in [0.05, 0.1) is 0 Å². The lowest BCUT2D eigenvalue weighted by Gasteiger charge is -1.87. The fraction of sp³-hybridized carbons (Fsp3) is 0.333. The van der Waals surface area contributed by atoms with Gasteiger partial charge in [-0.25, -0.2) is 0 Å². The fourth-order valence-electron chi connectivity index (χ4n) is 0.412. The van der Waals surface area contributed by atoms with Crippen molar-refractivity contribution in [3.8, 4) is 0 Å². The molecule has 0 aromatic carbocycles. The van der Waals surface area contributed by atoms with Gasteiger partial charge in [-0.1, -0.05) is 0 Å². The van der Waals surface area contributed by atoms with Gasteiger partial charge in [-0.05, 0) is 5.21 Å². The Labute approximate surface area is 69.4 Å². The minimum absolute atomic E-state index is 0.240. The summed E-state index contributed by atoms with van der Waals surface area (Å²) in [6.07, 6.45) is 0. The molecule has 0 fully saturated rings. The third-order valence-corrected chi connectivity index (χ3v) is 1.14. The highest BCUT2D eigenvalue weighted by Crippen LogP contribution is 1.89. The van der Waals surface area contributed by atoms with Gasteiger partial charge < -0.3 is 5.11 Å². The Morgan fingerprint density at radius 2 is 2.50 bits per heavy atom. The molecule has 1 N–H and O–H groups in total. The van der Waals surface area contributed by atoms with Gasteiger partial charge in [0.2, 0.25) is 3.83 Å². The van der Waals surface area contributed by atoms with Gasteiger partial charge in [-0.15, -0.1) is 10.2 Å². The summed E-state index contributed by atoms with van der Waals surface area (Å²) in [5, 5.41) is 18.8. The number of rotatable bonds is 2. The number of hydrogen-bond donors (Lipinski definition) is 1. The largest absolute Gasteiger partial charge is 0.480 e. The van der Waals surface area contributed by atoms with Gasteiger partial charge >= 0.3 is 5.97 Å². The summed E-state index contributed by atoms with van der Waals surface area (Å²) in [6.45, 7) is -0.240. The minimum Gasteiger partial charge on any atom is -0.480 e. The molecule has 1 rings (SSSR count). The standard InChI is InChI=1S/C3H3IN4O2/c4-3-5-7-8(6-3)1-2(9)10/h1H2,(H,9,10). The van der Waals surface area contributed by atoms with Crippen molar-refractivity contribution in [2.75, 3.05) is 0 Å². The molecule has 0 bridgehead atoms. The molecule has 0 spiro atoms. The van der Waals surface area contributed by atoms with Crippen molar-refractivity contribution in [1.29, 1.82) is 0 Å². The molecular formula is C3H3IN4O2. The minimum atomic E-state index is -0.978. The first-order chi connectivity index (χ1) is 4.68. The number of aliphatic carboxylic acids is 1. The molecule has 10 heavy (non-hydrogen) atoms. The van der Waals surface area contributed by atoms with E-state index in [0.717, 1.165) is 4.80 Å². The molecule has 0 atom stereocenters. The number of carboxylic acid groups (broad SMARTS) is 1. The van der Waals surface area contributed by atoms with E-state index in [-0.39, 0.29) is 6.54 Å². The Morgan fingerprint density at radius 1 is 1.80 bits per heavy atom. The Morgan fingerprint density at radius 3 is 2.90 bits per heavy atom. The van der Waals surface area contributed by atoms with E-state index in [4.69, 9.17) is 5.11 Å². The quantitative estimate of drug-likeness (QED) is 0.710. The van der Waals surface area contributed by atoms with Crippen molar-refractivity contribution in [2.45, 2.75) is 6.54 Å². The van der Waals surface area contributed by atoms with Crippen LogP contribution in [0, 0.1) is 3.83 Å². The summed E-state index contributed by atoms with van der Waals surface area (Å²) in [7, 11) is 0. The lowest BCUT2D eigenvalue weighted by molar-refractivity contribution is -0.138. The Bertz CT molecular complexity index is 246. The molecule has 0 aliphatic heterocycles. The van der Waals surface area contributed by atoms with Gasteiger partial charge in [0, 0.05) is 22.6 Å². The highest BCUT2D eigenvalue weighted by atomic mass is 127. The molecular weight excluding hydrogens is 251 g/mol. The average molecular weight is 254 g/mol. The molecule has 0 aliphatic carbocycles. The summed E-state index contributed by atoms with van der Waals surface area (Å²) in [6, 6.07) is 0. The molecule has 0 unspecified atom stereocenters. The van der Waals surface area contributed by atoms with Gasteiger partial charge in [-0.3, -0.25) is 4.79 Å². The molecule has 1 heterocycles. The summed E-state index contributed by atoms with van der Waals surface area (Å²) < 4.78 is 0.443. The Hall–Kier alpha value is -0.730. The molecule has 0 saturated heterocycles. The zero-order chi connectivity index (χ0) is 7.56. The van der Waals surface area contributed by atoms with Crippen LogP contribution in [0.1, 0.15) is 0 Å². The van der Waals surface area contributed by atoms with Crippen LogP contribution in [0.4, 0.5) is 0 Å². The van der Waals surface area contributed by atoms with Crippen molar-refractivity contribution >= 4 is 28.6 Å². The predicted octanol–water partition coefficient (Wildman–Crippen LogP) is -0.638. The van der Waals surface area contributed by atoms with E-state index >= 15 is 0 Å². The van der Waals surface area contributed by atoms with Crippen LogP contribution in [0.25, 0.3) is 0 Å². The Balaban J connectivity index is 2.67. The topological polar surface area (TPSA) is 80.9 Å². The van der Waals surface area contributed by atoms with Gasteiger partial charge in [-0.2, -0.15) is 4.80 Å². The normalized spacial score (nSPS) is 9.70. The lowest BCUT2D eigenvalue weighted by atomic mass is 10.7. The number of hydrogen-bond acceptors (Lipinski definition) is 4. The molecule has 0 amide bonds. The van der Waals surface area contributed by atoms with Crippen LogP contribution in [0.15, 0.2) is 0 Å². The zero-order valence-corrected chi connectivity index (χ0v) is 6.89. The van der Waals surface area contributed by atoms with Gasteiger partial charge in [0.1, 0.15) is 0 Å². The lowest BCUT2D eigenvalue weighted by Crippen LogP contribution is -2.11. The highest BCUT2D eigenvalue weighted by Gasteiger charge is 2.01. The second kappa shape index (κ2) is 2.90. The first-order valence-corrected chi connectivity index (χ1v) is 3.41. The van der Waals surface area contributed by atoms with Gasteiger partial charge in [0.15, 0.2) is 6.54 Å². The van der Waals surface area contributed by atoms with Crippen LogP contribution < -0.4 is 0 Å². The second-order valence-electron chi connectivity index (χ2n) is 1.48. The third kappa shape index (κ3) is 1.90. The number of nitrogens with zero attached hydrogens (tertiary/aromatic N) is 4. The fourth-order valence-corrected chi connectivity index (χ4v) is 0.757. The smallest absolute Gasteiger partial charge is 0.327 e. The maximum Gasteiger partial charge on any atom is 0.327 e. The first-order valence-electron chi connectivity index (χ1n) is 2.33. The summed E-state index contributed by atoms with van der Waals surface area (Å²) in [5.41, 5.74) is 0. The summed E-state index contributed by atoms with van der Waals surface area (Å²) in [5.74, 6) is -0.978. The maximum absolute atomic E-state index is 10.0. The van der Waals surface area contributed by atoms with Crippen molar-refractivity contribution in [3.63, 3.8) is 0 Å². The summed E-state index contributed by atoms with van der Waals surface area (Å²) >= 11 is 1.85. The number of aromatic nitrogens is 4. The monoisotopic (exact) mass is 254 g/mol. The zero-order valence-electron chi connectivity index (χ0n) is 4.73. The van der Waals surface area contributed by atoms with Crippen LogP contribution >= 0.6 is 22.6 Å². The molecule has 0 aliphatic rings. The number of halogens is 1. The number of tetrazole rings is 1. The van der Waals surface area contributed by atoms with Crippen LogP contribution in [0.3, 0.4) is 0 Å². The molecule has 0 radical (unpaired) electrons. The van der Waals surface area contributed by atoms with Crippen LogP contribution in [-0.4, -0.2) is 31.3 Å². The molecule has 1 aromatic rings. The van der Waals surface area contributed by atoms with Crippen LogP contribution in [-0.2, 0) is 11.3 Å². The SMILES string of the molecule is O=C(O)Cn1nnc(I)n1. The Kier molecular flexibility index (Phi) is 2.14. The van der Waals surface area contributed by atoms with E-state index < -0.39 is 5.97 Å². The van der Waals surface area contributed by atoms with Crippen molar-refractivity contribution in [1.82, 2.24) is 20.2 Å². The van der Waals surface area contributed by atoms with Crippen molar-refractivity contribution in [3.05, 3.63) is 3.83 Å². The number of carboxylic acids is 1. The van der Waals surface area contributed by atoms with Gasteiger partial charge in [0.25, 0.3) is 0 Å². The molecule has 54 valence electrons.